The van der Waals surface area contributed by atoms with Gasteiger partial charge < -0.3 is 9.80 Å². The maximum atomic E-state index is 13.3. The SMILES string of the molecule is O=C(c1cccc(F)c1)N1CC[NH+](Cc2ccc3ccccc3c2)CC1. The van der Waals surface area contributed by atoms with Crippen LogP contribution in [0.15, 0.2) is 66.7 Å². The van der Waals surface area contributed by atoms with E-state index in [1.165, 1.54) is 33.4 Å². The van der Waals surface area contributed by atoms with Gasteiger partial charge in [0.2, 0.25) is 0 Å². The molecule has 1 aliphatic rings. The van der Waals surface area contributed by atoms with Crippen LogP contribution in [0.2, 0.25) is 0 Å². The first-order chi connectivity index (χ1) is 12.7. The predicted octanol–water partition coefficient (Wildman–Crippen LogP) is 2.52. The van der Waals surface area contributed by atoms with Crippen molar-refractivity contribution in [2.45, 2.75) is 6.54 Å². The molecule has 4 rings (SSSR count). The Bertz CT molecular complexity index is 932. The summed E-state index contributed by atoms with van der Waals surface area (Å²) in [6.45, 7) is 4.20. The Morgan fingerprint density at radius 3 is 2.46 bits per heavy atom. The summed E-state index contributed by atoms with van der Waals surface area (Å²) >= 11 is 0. The molecule has 26 heavy (non-hydrogen) atoms. The number of benzene rings is 3. The fraction of sp³-hybridized carbons (Fsp3) is 0.227. The van der Waals surface area contributed by atoms with E-state index in [0.29, 0.717) is 18.7 Å². The third kappa shape index (κ3) is 3.60. The van der Waals surface area contributed by atoms with Crippen LogP contribution in [-0.2, 0) is 6.54 Å². The van der Waals surface area contributed by atoms with Crippen molar-refractivity contribution in [2.75, 3.05) is 26.2 Å². The average molecular weight is 349 g/mol. The number of carbonyl (C=O) groups excluding carboxylic acids is 1. The molecule has 3 nitrogen and oxygen atoms in total. The molecule has 0 unspecified atom stereocenters. The lowest BCUT2D eigenvalue weighted by molar-refractivity contribution is -0.917. The van der Waals surface area contributed by atoms with E-state index < -0.39 is 0 Å². The van der Waals surface area contributed by atoms with E-state index in [2.05, 4.69) is 42.5 Å². The normalized spacial score (nSPS) is 15.3. The summed E-state index contributed by atoms with van der Waals surface area (Å²) in [6, 6.07) is 21.0. The summed E-state index contributed by atoms with van der Waals surface area (Å²) < 4.78 is 13.3. The first-order valence-corrected chi connectivity index (χ1v) is 9.05. The zero-order valence-corrected chi connectivity index (χ0v) is 14.6. The molecule has 1 saturated heterocycles. The predicted molar refractivity (Wildman–Crippen MR) is 101 cm³/mol. The molecule has 0 aliphatic carbocycles. The molecule has 0 saturated carbocycles. The summed E-state index contributed by atoms with van der Waals surface area (Å²) in [5, 5.41) is 2.53. The number of carbonyl (C=O) groups is 1. The number of amides is 1. The van der Waals surface area contributed by atoms with Gasteiger partial charge in [0.15, 0.2) is 0 Å². The van der Waals surface area contributed by atoms with E-state index in [0.717, 1.165) is 19.6 Å². The summed E-state index contributed by atoms with van der Waals surface area (Å²) in [5.74, 6) is -0.439. The van der Waals surface area contributed by atoms with Crippen LogP contribution in [0.5, 0.6) is 0 Å². The molecule has 0 aromatic heterocycles. The first kappa shape index (κ1) is 16.7. The number of nitrogens with one attached hydrogen (secondary N) is 1. The quantitative estimate of drug-likeness (QED) is 0.772. The second-order valence-electron chi connectivity index (χ2n) is 6.91. The lowest BCUT2D eigenvalue weighted by Crippen LogP contribution is -3.13. The smallest absolute Gasteiger partial charge is 0.254 e. The molecule has 0 bridgehead atoms. The van der Waals surface area contributed by atoms with Gasteiger partial charge in [-0.25, -0.2) is 4.39 Å². The van der Waals surface area contributed by atoms with Crippen molar-refractivity contribution in [1.29, 1.82) is 0 Å². The Morgan fingerprint density at radius 2 is 1.69 bits per heavy atom. The zero-order valence-electron chi connectivity index (χ0n) is 14.6. The number of hydrogen-bond donors (Lipinski definition) is 1. The van der Waals surface area contributed by atoms with Crippen LogP contribution in [0.1, 0.15) is 15.9 Å². The molecule has 3 aromatic rings. The van der Waals surface area contributed by atoms with E-state index in [1.807, 2.05) is 4.90 Å². The highest BCUT2D eigenvalue weighted by molar-refractivity contribution is 5.94. The highest BCUT2D eigenvalue weighted by atomic mass is 19.1. The molecule has 1 heterocycles. The van der Waals surface area contributed by atoms with Gasteiger partial charge in [-0.05, 0) is 35.0 Å². The van der Waals surface area contributed by atoms with Crippen molar-refractivity contribution in [3.05, 3.63) is 83.7 Å². The topological polar surface area (TPSA) is 24.8 Å². The Balaban J connectivity index is 1.37. The van der Waals surface area contributed by atoms with Gasteiger partial charge in [0.25, 0.3) is 5.91 Å². The Labute approximate surface area is 152 Å². The fourth-order valence-electron chi connectivity index (χ4n) is 3.64. The van der Waals surface area contributed by atoms with Crippen molar-refractivity contribution in [3.8, 4) is 0 Å². The van der Waals surface area contributed by atoms with E-state index >= 15 is 0 Å². The Kier molecular flexibility index (Phi) is 4.67. The Hall–Kier alpha value is -2.72. The maximum absolute atomic E-state index is 13.3. The molecule has 4 heteroatoms. The highest BCUT2D eigenvalue weighted by Gasteiger charge is 2.24. The molecular weight excluding hydrogens is 327 g/mol. The molecule has 1 N–H and O–H groups in total. The largest absolute Gasteiger partial charge is 0.328 e. The van der Waals surface area contributed by atoms with Gasteiger partial charge in [-0.1, -0.05) is 42.5 Å². The van der Waals surface area contributed by atoms with Crippen LogP contribution < -0.4 is 4.90 Å². The molecule has 1 aliphatic heterocycles. The van der Waals surface area contributed by atoms with E-state index in [1.54, 1.807) is 12.1 Å². The zero-order chi connectivity index (χ0) is 17.9. The molecular formula is C22H22FN2O+. The number of piperazine rings is 1. The highest BCUT2D eigenvalue weighted by Crippen LogP contribution is 2.15. The molecule has 0 spiro atoms. The molecule has 0 atom stereocenters. The second-order valence-corrected chi connectivity index (χ2v) is 6.91. The van der Waals surface area contributed by atoms with E-state index in [4.69, 9.17) is 0 Å². The van der Waals surface area contributed by atoms with Gasteiger partial charge in [0.1, 0.15) is 12.4 Å². The summed E-state index contributed by atoms with van der Waals surface area (Å²) in [6.07, 6.45) is 0. The summed E-state index contributed by atoms with van der Waals surface area (Å²) in [5.41, 5.74) is 1.76. The minimum absolute atomic E-state index is 0.0748. The van der Waals surface area contributed by atoms with E-state index in [9.17, 15) is 9.18 Å². The van der Waals surface area contributed by atoms with Crippen molar-refractivity contribution < 1.29 is 14.1 Å². The number of rotatable bonds is 3. The van der Waals surface area contributed by atoms with E-state index in [-0.39, 0.29) is 11.7 Å². The molecule has 1 fully saturated rings. The monoisotopic (exact) mass is 349 g/mol. The van der Waals surface area contributed by atoms with Crippen molar-refractivity contribution in [1.82, 2.24) is 4.90 Å². The third-order valence-electron chi connectivity index (χ3n) is 5.10. The molecule has 132 valence electrons. The van der Waals surface area contributed by atoms with Gasteiger partial charge in [-0.2, -0.15) is 0 Å². The first-order valence-electron chi connectivity index (χ1n) is 9.05. The van der Waals surface area contributed by atoms with Gasteiger partial charge in [-0.3, -0.25) is 4.79 Å². The molecule has 1 amide bonds. The number of fused-ring (bicyclic) bond motifs is 1. The maximum Gasteiger partial charge on any atom is 0.254 e. The standard InChI is InChI=1S/C22H21FN2O/c23-21-7-3-6-20(15-21)22(26)25-12-10-24(11-13-25)16-17-8-9-18-4-1-2-5-19(18)14-17/h1-9,14-15H,10-13,16H2/p+1. The van der Waals surface area contributed by atoms with Crippen molar-refractivity contribution in [2.24, 2.45) is 0 Å². The van der Waals surface area contributed by atoms with Gasteiger partial charge >= 0.3 is 0 Å². The fourth-order valence-corrected chi connectivity index (χ4v) is 3.64. The molecule has 0 radical (unpaired) electrons. The summed E-state index contributed by atoms with van der Waals surface area (Å²) in [4.78, 5) is 15.8. The van der Waals surface area contributed by atoms with Crippen LogP contribution in [0, 0.1) is 5.82 Å². The number of nitrogens with zero attached hydrogens (tertiary/aromatic N) is 1. The second kappa shape index (κ2) is 7.26. The number of quaternary nitrogens is 1. The Morgan fingerprint density at radius 1 is 0.923 bits per heavy atom. The van der Waals surface area contributed by atoms with Crippen LogP contribution in [0.3, 0.4) is 0 Å². The number of hydrogen-bond acceptors (Lipinski definition) is 1. The minimum atomic E-state index is -0.364. The number of halogens is 1. The third-order valence-corrected chi connectivity index (χ3v) is 5.10. The minimum Gasteiger partial charge on any atom is -0.328 e. The van der Waals surface area contributed by atoms with Crippen LogP contribution in [0.4, 0.5) is 4.39 Å². The molecule has 3 aromatic carbocycles. The lowest BCUT2D eigenvalue weighted by Gasteiger charge is -2.32. The van der Waals surface area contributed by atoms with Crippen molar-refractivity contribution in [3.63, 3.8) is 0 Å². The van der Waals surface area contributed by atoms with Gasteiger partial charge in [-0.15, -0.1) is 0 Å². The van der Waals surface area contributed by atoms with Crippen LogP contribution in [0.25, 0.3) is 10.8 Å². The van der Waals surface area contributed by atoms with Crippen molar-refractivity contribution >= 4 is 16.7 Å². The van der Waals surface area contributed by atoms with Crippen LogP contribution >= 0.6 is 0 Å². The van der Waals surface area contributed by atoms with Gasteiger partial charge in [0, 0.05) is 11.1 Å². The average Bonchev–Trinajstić information content (AvgIpc) is 2.68. The van der Waals surface area contributed by atoms with Crippen LogP contribution in [-0.4, -0.2) is 37.0 Å². The van der Waals surface area contributed by atoms with Gasteiger partial charge in [0.05, 0.1) is 26.2 Å². The summed E-state index contributed by atoms with van der Waals surface area (Å²) in [7, 11) is 0. The lowest BCUT2D eigenvalue weighted by atomic mass is 10.1.